The summed E-state index contributed by atoms with van der Waals surface area (Å²) >= 11 is 0. The molecule has 1 aromatic carbocycles. The third-order valence-electron chi connectivity index (χ3n) is 6.21. The van der Waals surface area contributed by atoms with Gasteiger partial charge in [-0.1, -0.05) is 58.3 Å². The normalized spacial score (nSPS) is 11.2. The number of hydrogen-bond acceptors (Lipinski definition) is 10. The molecule has 42 heavy (non-hydrogen) atoms. The summed E-state index contributed by atoms with van der Waals surface area (Å²) in [5.41, 5.74) is 6.35. The van der Waals surface area contributed by atoms with Crippen LogP contribution in [0, 0.1) is 0 Å². The van der Waals surface area contributed by atoms with E-state index in [-0.39, 0.29) is 5.97 Å². The molecule has 0 spiro atoms. The topological polar surface area (TPSA) is 117 Å². The van der Waals surface area contributed by atoms with E-state index in [1.165, 1.54) is 44.9 Å². The van der Waals surface area contributed by atoms with Gasteiger partial charge in [0.2, 0.25) is 0 Å². The molecule has 0 aromatic heterocycles. The van der Waals surface area contributed by atoms with Gasteiger partial charge in [0, 0.05) is 12.1 Å². The van der Waals surface area contributed by atoms with Crippen LogP contribution in [-0.4, -0.2) is 98.5 Å². The Morgan fingerprint density at radius 1 is 0.524 bits per heavy atom. The molecule has 1 aromatic rings. The Morgan fingerprint density at radius 2 is 0.905 bits per heavy atom. The number of esters is 1. The van der Waals surface area contributed by atoms with E-state index in [0.717, 1.165) is 18.6 Å². The Kier molecular flexibility index (Phi) is 27.7. The van der Waals surface area contributed by atoms with Crippen LogP contribution in [0.25, 0.3) is 0 Å². The molecule has 0 fully saturated rings. The van der Waals surface area contributed by atoms with E-state index in [2.05, 4.69) is 6.92 Å². The standard InChI is InChI=1S/C32H57NO9/c1-2-3-4-5-6-7-8-9-10-11-32(34)42-29-27-40-25-23-38-21-19-36-17-16-35-18-20-37-22-24-39-26-28-41-31-14-12-30(33)13-15-31/h12-15H,2-11,16-29,33H2,1H3. The molecule has 244 valence electrons. The Labute approximate surface area is 253 Å². The van der Waals surface area contributed by atoms with Gasteiger partial charge in [0.05, 0.1) is 79.3 Å². The predicted molar refractivity (Wildman–Crippen MR) is 164 cm³/mol. The van der Waals surface area contributed by atoms with Crippen LogP contribution in [0.3, 0.4) is 0 Å². The molecular weight excluding hydrogens is 542 g/mol. The van der Waals surface area contributed by atoms with Gasteiger partial charge in [-0.3, -0.25) is 4.79 Å². The van der Waals surface area contributed by atoms with Gasteiger partial charge in [-0.25, -0.2) is 0 Å². The lowest BCUT2D eigenvalue weighted by atomic mass is 10.1. The molecule has 10 nitrogen and oxygen atoms in total. The highest BCUT2D eigenvalue weighted by molar-refractivity contribution is 5.69. The molecule has 0 saturated heterocycles. The zero-order chi connectivity index (χ0) is 30.2. The van der Waals surface area contributed by atoms with Crippen molar-refractivity contribution in [2.75, 3.05) is 98.2 Å². The molecule has 0 aliphatic heterocycles. The zero-order valence-corrected chi connectivity index (χ0v) is 26.0. The number of hydrogen-bond donors (Lipinski definition) is 1. The fourth-order valence-electron chi connectivity index (χ4n) is 3.85. The molecule has 0 saturated carbocycles. The smallest absolute Gasteiger partial charge is 0.305 e. The number of ether oxygens (including phenoxy) is 8. The van der Waals surface area contributed by atoms with Gasteiger partial charge in [0.25, 0.3) is 0 Å². The Balaban J connectivity index is 1.67. The van der Waals surface area contributed by atoms with Crippen molar-refractivity contribution < 1.29 is 42.7 Å². The lowest BCUT2D eigenvalue weighted by molar-refractivity contribution is -0.145. The molecule has 10 heteroatoms. The van der Waals surface area contributed by atoms with Crippen molar-refractivity contribution in [3.05, 3.63) is 24.3 Å². The summed E-state index contributed by atoms with van der Waals surface area (Å²) in [7, 11) is 0. The summed E-state index contributed by atoms with van der Waals surface area (Å²) in [6.07, 6.45) is 11.6. The summed E-state index contributed by atoms with van der Waals surface area (Å²) in [5.74, 6) is 0.638. The van der Waals surface area contributed by atoms with Gasteiger partial charge in [-0.2, -0.15) is 0 Å². The van der Waals surface area contributed by atoms with Crippen molar-refractivity contribution in [2.45, 2.75) is 71.1 Å². The number of nitrogens with two attached hydrogens (primary N) is 1. The number of unbranched alkanes of at least 4 members (excludes halogenated alkanes) is 8. The van der Waals surface area contributed by atoms with Gasteiger partial charge in [-0.05, 0) is 30.7 Å². The molecule has 0 heterocycles. The summed E-state index contributed by atoms with van der Waals surface area (Å²) in [5, 5.41) is 0. The number of rotatable bonds is 32. The van der Waals surface area contributed by atoms with Crippen molar-refractivity contribution in [1.82, 2.24) is 0 Å². The first-order valence-corrected chi connectivity index (χ1v) is 15.8. The van der Waals surface area contributed by atoms with Crippen LogP contribution >= 0.6 is 0 Å². The lowest BCUT2D eigenvalue weighted by Gasteiger charge is -2.09. The third kappa shape index (κ3) is 26.9. The van der Waals surface area contributed by atoms with Crippen molar-refractivity contribution in [1.29, 1.82) is 0 Å². The second-order valence-electron chi connectivity index (χ2n) is 9.89. The van der Waals surface area contributed by atoms with Crippen LogP contribution in [0.1, 0.15) is 71.1 Å². The predicted octanol–water partition coefficient (Wildman–Crippen LogP) is 5.21. The minimum absolute atomic E-state index is 0.134. The molecule has 0 aliphatic rings. The second kappa shape index (κ2) is 30.5. The Morgan fingerprint density at radius 3 is 1.36 bits per heavy atom. The second-order valence-corrected chi connectivity index (χ2v) is 9.89. The number of nitrogen functional groups attached to an aromatic ring is 1. The summed E-state index contributed by atoms with van der Waals surface area (Å²) in [6, 6.07) is 7.27. The molecule has 0 atom stereocenters. The minimum Gasteiger partial charge on any atom is -0.491 e. The molecule has 0 aliphatic carbocycles. The van der Waals surface area contributed by atoms with Gasteiger partial charge >= 0.3 is 5.97 Å². The van der Waals surface area contributed by atoms with Crippen LogP contribution in [0.5, 0.6) is 5.75 Å². The molecule has 2 N–H and O–H groups in total. The van der Waals surface area contributed by atoms with Crippen LogP contribution in [0.15, 0.2) is 24.3 Å². The van der Waals surface area contributed by atoms with Crippen molar-refractivity contribution in [2.24, 2.45) is 0 Å². The fourth-order valence-corrected chi connectivity index (χ4v) is 3.85. The first kappa shape index (κ1) is 38.1. The van der Waals surface area contributed by atoms with E-state index in [1.54, 1.807) is 12.1 Å². The quantitative estimate of drug-likeness (QED) is 0.0672. The summed E-state index contributed by atoms with van der Waals surface area (Å²) in [4.78, 5) is 11.8. The Bertz CT molecular complexity index is 706. The SMILES string of the molecule is CCCCCCCCCCCC(=O)OCCOCCOCCOCCOCCOCCOCCOc1ccc(N)cc1. The van der Waals surface area contributed by atoms with E-state index < -0.39 is 0 Å². The van der Waals surface area contributed by atoms with Crippen LogP contribution < -0.4 is 10.5 Å². The van der Waals surface area contributed by atoms with Crippen molar-refractivity contribution in [3.63, 3.8) is 0 Å². The third-order valence-corrected chi connectivity index (χ3v) is 6.21. The van der Waals surface area contributed by atoms with E-state index in [4.69, 9.17) is 43.6 Å². The first-order valence-electron chi connectivity index (χ1n) is 15.8. The minimum atomic E-state index is -0.134. The highest BCUT2D eigenvalue weighted by atomic mass is 16.6. The molecule has 0 unspecified atom stereocenters. The maximum atomic E-state index is 11.8. The zero-order valence-electron chi connectivity index (χ0n) is 26.0. The molecular formula is C32H57NO9. The monoisotopic (exact) mass is 599 g/mol. The van der Waals surface area contributed by atoms with Crippen LogP contribution in [0.2, 0.25) is 0 Å². The number of carbonyl (C=O) groups excluding carboxylic acids is 1. The lowest BCUT2D eigenvalue weighted by Crippen LogP contribution is -2.15. The maximum absolute atomic E-state index is 11.8. The molecule has 0 radical (unpaired) electrons. The number of benzene rings is 1. The summed E-state index contributed by atoms with van der Waals surface area (Å²) < 4.78 is 43.5. The highest BCUT2D eigenvalue weighted by Gasteiger charge is 2.03. The molecule has 1 rings (SSSR count). The van der Waals surface area contributed by atoms with E-state index in [0.29, 0.717) is 105 Å². The van der Waals surface area contributed by atoms with Crippen molar-refractivity contribution >= 4 is 11.7 Å². The van der Waals surface area contributed by atoms with Gasteiger partial charge < -0.3 is 43.6 Å². The highest BCUT2D eigenvalue weighted by Crippen LogP contribution is 2.13. The molecule has 0 bridgehead atoms. The van der Waals surface area contributed by atoms with Crippen LogP contribution in [-0.2, 0) is 38.0 Å². The van der Waals surface area contributed by atoms with Gasteiger partial charge in [-0.15, -0.1) is 0 Å². The average Bonchev–Trinajstić information content (AvgIpc) is 2.99. The molecule has 0 amide bonds. The first-order chi connectivity index (χ1) is 20.7. The summed E-state index contributed by atoms with van der Waals surface area (Å²) in [6.45, 7) is 8.84. The van der Waals surface area contributed by atoms with Gasteiger partial charge in [0.15, 0.2) is 0 Å². The Hall–Kier alpha value is -1.95. The largest absolute Gasteiger partial charge is 0.491 e. The van der Waals surface area contributed by atoms with Crippen molar-refractivity contribution in [3.8, 4) is 5.75 Å². The average molecular weight is 600 g/mol. The van der Waals surface area contributed by atoms with Gasteiger partial charge in [0.1, 0.15) is 19.0 Å². The number of anilines is 1. The van der Waals surface area contributed by atoms with E-state index in [9.17, 15) is 4.79 Å². The number of carbonyl (C=O) groups is 1. The van der Waals surface area contributed by atoms with E-state index >= 15 is 0 Å². The van der Waals surface area contributed by atoms with Crippen LogP contribution in [0.4, 0.5) is 5.69 Å². The maximum Gasteiger partial charge on any atom is 0.305 e. The van der Waals surface area contributed by atoms with E-state index in [1.807, 2.05) is 12.1 Å². The fraction of sp³-hybridized carbons (Fsp3) is 0.781.